The molecule has 0 aliphatic rings. The van der Waals surface area contributed by atoms with Crippen molar-refractivity contribution in [2.75, 3.05) is 0 Å². The minimum Gasteiger partial charge on any atom is 0 e. The van der Waals surface area contributed by atoms with E-state index in [1.54, 1.807) is 0 Å². The zero-order chi connectivity index (χ0) is 0. The first-order chi connectivity index (χ1) is 0. The molecule has 0 aromatic rings. The van der Waals surface area contributed by atoms with Gasteiger partial charge < -0.3 is 0 Å². The van der Waals surface area contributed by atoms with Gasteiger partial charge in [-0.15, -0.1) is 0 Å². The fourth-order valence-electron chi connectivity index (χ4n) is 0. The molecular formula is AgBiCdSn. The van der Waals surface area contributed by atoms with E-state index in [9.17, 15) is 0 Å². The maximum atomic E-state index is 0. The molecule has 0 atom stereocenters. The molecule has 0 saturated carbocycles. The van der Waals surface area contributed by atoms with Crippen molar-refractivity contribution in [3.63, 3.8) is 0 Å². The molecule has 22 valence electrons. The summed E-state index contributed by atoms with van der Waals surface area (Å²) >= 11 is 0. The van der Waals surface area contributed by atoms with Gasteiger partial charge in [0.2, 0.25) is 0 Å². The fourth-order valence-corrected chi connectivity index (χ4v) is 0. The van der Waals surface area contributed by atoms with Gasteiger partial charge in [-0.2, -0.15) is 0 Å². The molecule has 0 heterocycles. The topological polar surface area (TPSA) is 0 Å². The Morgan fingerprint density at radius 1 is 1.00 bits per heavy atom. The van der Waals surface area contributed by atoms with Crippen molar-refractivity contribution < 1.29 is 49.7 Å². The Bertz CT molecular complexity index is 8.00. The third-order valence-corrected chi connectivity index (χ3v) is 0. The van der Waals surface area contributed by atoms with Crippen molar-refractivity contribution >= 4 is 50.1 Å². The van der Waals surface area contributed by atoms with Crippen molar-refractivity contribution in [2.24, 2.45) is 0 Å². The second-order valence-corrected chi connectivity index (χ2v) is 0. The monoisotopic (exact) mass is 550 g/mol. The summed E-state index contributed by atoms with van der Waals surface area (Å²) in [6.45, 7) is 0. The summed E-state index contributed by atoms with van der Waals surface area (Å²) in [7, 11) is 0. The van der Waals surface area contributed by atoms with Crippen molar-refractivity contribution in [3.8, 4) is 0 Å². The van der Waals surface area contributed by atoms with Gasteiger partial charge >= 0.3 is 0 Å². The van der Waals surface area contributed by atoms with Crippen LogP contribution in [0.5, 0.6) is 0 Å². The predicted molar refractivity (Wildman–Crippen MR) is 11.5 cm³/mol. The second-order valence-electron chi connectivity index (χ2n) is 0. The molecule has 0 aromatic heterocycles. The van der Waals surface area contributed by atoms with Crippen LogP contribution in [0.15, 0.2) is 0 Å². The van der Waals surface area contributed by atoms with Crippen molar-refractivity contribution in [3.05, 3.63) is 0 Å². The SMILES string of the molecule is [Ag].[Bi].[Cd].[Sn]. The summed E-state index contributed by atoms with van der Waals surface area (Å²) in [5.74, 6) is 0. The summed E-state index contributed by atoms with van der Waals surface area (Å²) < 4.78 is 0. The van der Waals surface area contributed by atoms with Crippen LogP contribution in [0.25, 0.3) is 0 Å². The first kappa shape index (κ1) is 26.4. The molecule has 0 amide bonds. The van der Waals surface area contributed by atoms with E-state index < -0.39 is 0 Å². The Balaban J connectivity index is 0. The van der Waals surface area contributed by atoms with E-state index in [-0.39, 0.29) is 99.8 Å². The van der Waals surface area contributed by atoms with Crippen molar-refractivity contribution in [1.29, 1.82) is 0 Å². The van der Waals surface area contributed by atoms with Gasteiger partial charge in [0.25, 0.3) is 0 Å². The average Bonchev–Trinajstić information content (AvgIpc) is 0. The predicted octanol–water partition coefficient (Wildman–Crippen LogP) is -0.767. The van der Waals surface area contributed by atoms with Gasteiger partial charge in [-0.1, -0.05) is 0 Å². The molecule has 0 nitrogen and oxygen atoms in total. The average molecular weight is 548 g/mol. The molecule has 0 rings (SSSR count). The Hall–Kier alpha value is 3.34. The van der Waals surface area contributed by atoms with Crippen molar-refractivity contribution in [1.82, 2.24) is 0 Å². The van der Waals surface area contributed by atoms with Crippen LogP contribution in [-0.4, -0.2) is 50.1 Å². The molecule has 4 heteroatoms. The van der Waals surface area contributed by atoms with E-state index >= 15 is 0 Å². The molecule has 0 aliphatic heterocycles. The van der Waals surface area contributed by atoms with E-state index in [0.29, 0.717) is 0 Å². The van der Waals surface area contributed by atoms with Gasteiger partial charge in [0.1, 0.15) is 0 Å². The normalized spacial score (nSPS) is 0. The van der Waals surface area contributed by atoms with Gasteiger partial charge in [-0.3, -0.25) is 0 Å². The summed E-state index contributed by atoms with van der Waals surface area (Å²) in [5.41, 5.74) is 0. The van der Waals surface area contributed by atoms with Crippen molar-refractivity contribution in [2.45, 2.75) is 0 Å². The van der Waals surface area contributed by atoms with Gasteiger partial charge in [0.15, 0.2) is 0 Å². The Morgan fingerprint density at radius 2 is 1.00 bits per heavy atom. The molecule has 0 unspecified atom stereocenters. The number of rotatable bonds is 0. The molecule has 0 spiro atoms. The first-order valence-electron chi connectivity index (χ1n) is 0. The number of hydrogen-bond acceptors (Lipinski definition) is 0. The zero-order valence-corrected chi connectivity index (χ0v) is 13.8. The van der Waals surface area contributed by atoms with E-state index in [2.05, 4.69) is 0 Å². The molecule has 0 aliphatic carbocycles. The van der Waals surface area contributed by atoms with Gasteiger partial charge in [0, 0.05) is 99.8 Å². The van der Waals surface area contributed by atoms with E-state index in [0.717, 1.165) is 0 Å². The maximum absolute atomic E-state index is 0. The Morgan fingerprint density at radius 3 is 1.00 bits per heavy atom. The summed E-state index contributed by atoms with van der Waals surface area (Å²) in [5, 5.41) is 0. The minimum atomic E-state index is 0. The van der Waals surface area contributed by atoms with Crippen LogP contribution in [0.1, 0.15) is 0 Å². The minimum absolute atomic E-state index is 0. The van der Waals surface area contributed by atoms with E-state index in [4.69, 9.17) is 0 Å². The van der Waals surface area contributed by atoms with Crippen LogP contribution < -0.4 is 0 Å². The summed E-state index contributed by atoms with van der Waals surface area (Å²) in [4.78, 5) is 0. The van der Waals surface area contributed by atoms with Crippen LogP contribution in [0.4, 0.5) is 0 Å². The standard InChI is InChI=1S/Ag.Bi.Cd.Sn. The second kappa shape index (κ2) is 16.2. The summed E-state index contributed by atoms with van der Waals surface area (Å²) in [6.07, 6.45) is 0. The third kappa shape index (κ3) is 9.02. The first-order valence-corrected chi connectivity index (χ1v) is 0. The molecule has 0 N–H and O–H groups in total. The Labute approximate surface area is 97.6 Å². The van der Waals surface area contributed by atoms with Gasteiger partial charge in [0.05, 0.1) is 0 Å². The number of hydrogen-bond donors (Lipinski definition) is 0. The molecule has 8 radical (unpaired) electrons. The zero-order valence-electron chi connectivity index (χ0n) is 1.96. The van der Waals surface area contributed by atoms with Gasteiger partial charge in [-0.25, -0.2) is 0 Å². The quantitative estimate of drug-likeness (QED) is 0.350. The third-order valence-electron chi connectivity index (χ3n) is 0. The molecule has 0 saturated heterocycles. The maximum Gasteiger partial charge on any atom is 0 e. The van der Waals surface area contributed by atoms with Crippen LogP contribution in [0.3, 0.4) is 0 Å². The largest absolute Gasteiger partial charge is 0 e. The van der Waals surface area contributed by atoms with E-state index in [1.165, 1.54) is 0 Å². The smallest absolute Gasteiger partial charge is 0 e. The molecule has 0 bridgehead atoms. The fraction of sp³-hybridized carbons (Fsp3) is 0. The van der Waals surface area contributed by atoms with Crippen LogP contribution in [-0.2, 0) is 49.7 Å². The molecule has 4 heavy (non-hydrogen) atoms. The molecule has 0 fully saturated rings. The van der Waals surface area contributed by atoms with Gasteiger partial charge in [-0.05, 0) is 0 Å². The molecular weight excluding hydrogens is 548 g/mol. The van der Waals surface area contributed by atoms with Crippen LogP contribution in [0, 0.1) is 0 Å². The summed E-state index contributed by atoms with van der Waals surface area (Å²) in [6, 6.07) is 0. The Kier molecular flexibility index (Phi) is 107. The van der Waals surface area contributed by atoms with Crippen LogP contribution >= 0.6 is 0 Å². The van der Waals surface area contributed by atoms with Crippen LogP contribution in [0.2, 0.25) is 0 Å². The van der Waals surface area contributed by atoms with E-state index in [1.807, 2.05) is 0 Å². The molecule has 0 aromatic carbocycles.